The summed E-state index contributed by atoms with van der Waals surface area (Å²) in [6.45, 7) is 6.96. The molecule has 0 aliphatic heterocycles. The van der Waals surface area contributed by atoms with Crippen molar-refractivity contribution in [1.29, 1.82) is 0 Å². The number of benzene rings is 2. The summed E-state index contributed by atoms with van der Waals surface area (Å²) < 4.78 is 1.99. The predicted octanol–water partition coefficient (Wildman–Crippen LogP) is 5.39. The zero-order valence-electron chi connectivity index (χ0n) is 18.1. The molecule has 0 saturated carbocycles. The van der Waals surface area contributed by atoms with Gasteiger partial charge in [-0.2, -0.15) is 0 Å². The Morgan fingerprint density at radius 3 is 2.61 bits per heavy atom. The lowest BCUT2D eigenvalue weighted by atomic mass is 10.2. The number of hydrogen-bond acceptors (Lipinski definition) is 4. The molecule has 4 aromatic rings. The van der Waals surface area contributed by atoms with E-state index in [2.05, 4.69) is 36.2 Å². The molecule has 31 heavy (non-hydrogen) atoms. The molecule has 2 aromatic heterocycles. The summed E-state index contributed by atoms with van der Waals surface area (Å²) in [6, 6.07) is 18.5. The van der Waals surface area contributed by atoms with Crippen molar-refractivity contribution in [2.24, 2.45) is 0 Å². The number of aromatic nitrogens is 3. The van der Waals surface area contributed by atoms with Gasteiger partial charge in [0.25, 0.3) is 0 Å². The lowest BCUT2D eigenvalue weighted by molar-refractivity contribution is -0.119. The molecule has 2 heterocycles. The van der Waals surface area contributed by atoms with Crippen LogP contribution in [0.5, 0.6) is 0 Å². The third-order valence-electron chi connectivity index (χ3n) is 5.23. The van der Waals surface area contributed by atoms with E-state index in [0.717, 1.165) is 33.2 Å². The van der Waals surface area contributed by atoms with Crippen molar-refractivity contribution in [3.63, 3.8) is 0 Å². The molecule has 0 unspecified atom stereocenters. The predicted molar refractivity (Wildman–Crippen MR) is 127 cm³/mol. The monoisotopic (exact) mass is 430 g/mol. The topological polar surface area (TPSA) is 51.0 Å². The van der Waals surface area contributed by atoms with Gasteiger partial charge in [-0.25, -0.2) is 4.98 Å². The molecule has 0 saturated heterocycles. The Morgan fingerprint density at radius 2 is 1.87 bits per heavy atom. The largest absolute Gasteiger partial charge is 0.311 e. The summed E-state index contributed by atoms with van der Waals surface area (Å²) in [5, 5.41) is 0.831. The minimum absolute atomic E-state index is 0.0356. The number of carbonyl (C=O) groups is 1. The maximum absolute atomic E-state index is 13.3. The van der Waals surface area contributed by atoms with E-state index in [1.807, 2.05) is 53.6 Å². The fourth-order valence-corrected chi connectivity index (χ4v) is 4.53. The zero-order valence-corrected chi connectivity index (χ0v) is 18.9. The molecule has 6 heteroatoms. The first-order chi connectivity index (χ1) is 15.0. The van der Waals surface area contributed by atoms with E-state index < -0.39 is 0 Å². The molecule has 0 aliphatic carbocycles. The van der Waals surface area contributed by atoms with E-state index in [1.165, 1.54) is 11.1 Å². The number of imidazole rings is 1. The third kappa shape index (κ3) is 4.80. The van der Waals surface area contributed by atoms with Crippen molar-refractivity contribution in [2.45, 2.75) is 38.2 Å². The van der Waals surface area contributed by atoms with Crippen LogP contribution in [0.2, 0.25) is 0 Å². The standard InChI is InChI=1S/C25H26N4OS/c1-4-28(21-7-5-6-19(3)14-21)24(30)16-29-23-15-26-13-12-22(23)27-25(29)31-17-20-10-8-18(2)9-11-20/h5-15H,4,16-17H2,1-3H3. The molecular weight excluding hydrogens is 404 g/mol. The van der Waals surface area contributed by atoms with Crippen LogP contribution in [0.4, 0.5) is 5.69 Å². The van der Waals surface area contributed by atoms with Crippen LogP contribution in [0.15, 0.2) is 72.1 Å². The number of rotatable bonds is 7. The van der Waals surface area contributed by atoms with Crippen LogP contribution in [-0.2, 0) is 17.1 Å². The molecule has 0 bridgehead atoms. The first kappa shape index (κ1) is 21.1. The second-order valence-corrected chi connectivity index (χ2v) is 8.54. The molecule has 0 fully saturated rings. The van der Waals surface area contributed by atoms with E-state index in [9.17, 15) is 4.79 Å². The lowest BCUT2D eigenvalue weighted by Crippen LogP contribution is -2.33. The molecule has 4 rings (SSSR count). The Kier molecular flexibility index (Phi) is 6.37. The van der Waals surface area contributed by atoms with Crippen molar-refractivity contribution in [1.82, 2.24) is 14.5 Å². The summed E-state index contributed by atoms with van der Waals surface area (Å²) in [5.41, 5.74) is 6.26. The van der Waals surface area contributed by atoms with Gasteiger partial charge >= 0.3 is 0 Å². The van der Waals surface area contributed by atoms with Gasteiger partial charge in [0.2, 0.25) is 5.91 Å². The fraction of sp³-hybridized carbons (Fsp3) is 0.240. The van der Waals surface area contributed by atoms with Crippen molar-refractivity contribution >= 4 is 34.4 Å². The van der Waals surface area contributed by atoms with Crippen molar-refractivity contribution in [2.75, 3.05) is 11.4 Å². The van der Waals surface area contributed by atoms with E-state index >= 15 is 0 Å². The van der Waals surface area contributed by atoms with Crippen LogP contribution >= 0.6 is 11.8 Å². The lowest BCUT2D eigenvalue weighted by Gasteiger charge is -2.22. The normalized spacial score (nSPS) is 11.1. The molecule has 158 valence electrons. The van der Waals surface area contributed by atoms with Crippen LogP contribution in [-0.4, -0.2) is 27.0 Å². The number of fused-ring (bicyclic) bond motifs is 1. The van der Waals surface area contributed by atoms with Gasteiger partial charge in [0.15, 0.2) is 5.16 Å². The summed E-state index contributed by atoms with van der Waals surface area (Å²) in [5.74, 6) is 0.828. The van der Waals surface area contributed by atoms with Gasteiger partial charge in [-0.1, -0.05) is 53.7 Å². The average Bonchev–Trinajstić information content (AvgIpc) is 3.11. The van der Waals surface area contributed by atoms with Crippen LogP contribution in [0.25, 0.3) is 11.0 Å². The molecule has 0 aliphatic rings. The molecule has 0 N–H and O–H groups in total. The second-order valence-electron chi connectivity index (χ2n) is 7.60. The van der Waals surface area contributed by atoms with Gasteiger partial charge in [0.1, 0.15) is 6.54 Å². The number of pyridine rings is 1. The van der Waals surface area contributed by atoms with Crippen molar-refractivity contribution in [3.05, 3.63) is 83.7 Å². The molecule has 1 amide bonds. The Morgan fingerprint density at radius 1 is 1.06 bits per heavy atom. The number of aryl methyl sites for hydroxylation is 2. The van der Waals surface area contributed by atoms with Crippen LogP contribution < -0.4 is 4.90 Å². The Hall–Kier alpha value is -3.12. The van der Waals surface area contributed by atoms with E-state index in [0.29, 0.717) is 6.54 Å². The number of anilines is 1. The minimum atomic E-state index is 0.0356. The molecular formula is C25H26N4OS. The van der Waals surface area contributed by atoms with Gasteiger partial charge in [-0.05, 0) is 50.1 Å². The summed E-state index contributed by atoms with van der Waals surface area (Å²) >= 11 is 1.64. The summed E-state index contributed by atoms with van der Waals surface area (Å²) in [4.78, 5) is 24.2. The van der Waals surface area contributed by atoms with Gasteiger partial charge in [-0.3, -0.25) is 9.78 Å². The number of likely N-dealkylation sites (N-methyl/N-ethyl adjacent to an activating group) is 1. The SMILES string of the molecule is CCN(C(=O)Cn1c(SCc2ccc(C)cc2)nc2ccncc21)c1cccc(C)c1. The first-order valence-corrected chi connectivity index (χ1v) is 11.4. The number of nitrogens with zero attached hydrogens (tertiary/aromatic N) is 4. The number of thioether (sulfide) groups is 1. The zero-order chi connectivity index (χ0) is 21.8. The average molecular weight is 431 g/mol. The molecule has 5 nitrogen and oxygen atoms in total. The van der Waals surface area contributed by atoms with Gasteiger partial charge < -0.3 is 9.47 Å². The highest BCUT2D eigenvalue weighted by Crippen LogP contribution is 2.27. The van der Waals surface area contributed by atoms with Crippen LogP contribution in [0.3, 0.4) is 0 Å². The summed E-state index contributed by atoms with van der Waals surface area (Å²) in [7, 11) is 0. The third-order valence-corrected chi connectivity index (χ3v) is 6.28. The summed E-state index contributed by atoms with van der Waals surface area (Å²) in [6.07, 6.45) is 3.52. The minimum Gasteiger partial charge on any atom is -0.311 e. The molecule has 0 atom stereocenters. The highest BCUT2D eigenvalue weighted by molar-refractivity contribution is 7.98. The van der Waals surface area contributed by atoms with E-state index in [-0.39, 0.29) is 12.5 Å². The van der Waals surface area contributed by atoms with Crippen molar-refractivity contribution in [3.8, 4) is 0 Å². The quantitative estimate of drug-likeness (QED) is 0.369. The molecule has 2 aromatic carbocycles. The highest BCUT2D eigenvalue weighted by atomic mass is 32.2. The Bertz CT molecular complexity index is 1200. The fourth-order valence-electron chi connectivity index (χ4n) is 3.56. The second kappa shape index (κ2) is 9.35. The Balaban J connectivity index is 1.61. The van der Waals surface area contributed by atoms with Gasteiger partial charge in [0, 0.05) is 24.2 Å². The molecule has 0 spiro atoms. The van der Waals surface area contributed by atoms with E-state index in [1.54, 1.807) is 24.2 Å². The number of amides is 1. The van der Waals surface area contributed by atoms with Gasteiger partial charge in [-0.15, -0.1) is 0 Å². The first-order valence-electron chi connectivity index (χ1n) is 10.4. The van der Waals surface area contributed by atoms with Crippen LogP contribution in [0.1, 0.15) is 23.6 Å². The van der Waals surface area contributed by atoms with Gasteiger partial charge in [0.05, 0.1) is 17.2 Å². The maximum Gasteiger partial charge on any atom is 0.247 e. The number of carbonyl (C=O) groups excluding carboxylic acids is 1. The number of hydrogen-bond donors (Lipinski definition) is 0. The smallest absolute Gasteiger partial charge is 0.247 e. The molecule has 0 radical (unpaired) electrons. The maximum atomic E-state index is 13.3. The van der Waals surface area contributed by atoms with Crippen molar-refractivity contribution < 1.29 is 4.79 Å². The highest BCUT2D eigenvalue weighted by Gasteiger charge is 2.19. The van der Waals surface area contributed by atoms with E-state index in [4.69, 9.17) is 4.98 Å². The Labute approximate surface area is 187 Å². The van der Waals surface area contributed by atoms with Crippen LogP contribution in [0, 0.1) is 13.8 Å².